The lowest BCUT2D eigenvalue weighted by Crippen LogP contribution is -2.27. The molecule has 0 bridgehead atoms. The molecular weight excluding hydrogens is 359 g/mol. The maximum absolute atomic E-state index is 13.4. The van der Waals surface area contributed by atoms with Crippen molar-refractivity contribution in [1.29, 1.82) is 0 Å². The molecule has 0 fully saturated rings. The summed E-state index contributed by atoms with van der Waals surface area (Å²) in [5.41, 5.74) is 7.93. The van der Waals surface area contributed by atoms with Gasteiger partial charge in [0.25, 0.3) is 0 Å². The quantitative estimate of drug-likeness (QED) is 0.531. The summed E-state index contributed by atoms with van der Waals surface area (Å²) in [7, 11) is 2.18. The maximum atomic E-state index is 13.4. The monoisotopic (exact) mass is 380 g/mol. The molecule has 1 aromatic heterocycles. The Morgan fingerprint density at radius 2 is 1.81 bits per heavy atom. The molecule has 1 aliphatic heterocycles. The molecule has 2 nitrogen and oxygen atoms in total. The molecule has 3 aromatic rings. The molecule has 2 aromatic carbocycles. The van der Waals surface area contributed by atoms with Crippen LogP contribution in [0.4, 0.5) is 4.39 Å². The van der Waals surface area contributed by atoms with Crippen molar-refractivity contribution in [2.24, 2.45) is 0 Å². The topological polar surface area (TPSA) is 8.17 Å². The minimum Gasteiger partial charge on any atom is -0.317 e. The normalized spacial score (nSPS) is 17.7. The van der Waals surface area contributed by atoms with E-state index in [1.165, 1.54) is 33.4 Å². The number of halogens is 2. The van der Waals surface area contributed by atoms with Crippen LogP contribution in [0.1, 0.15) is 36.1 Å². The number of likely N-dealkylation sites (N-methyl/N-ethyl adjacent to an activating group) is 1. The van der Waals surface area contributed by atoms with Gasteiger partial charge in [0.1, 0.15) is 5.82 Å². The average Bonchev–Trinajstić information content (AvgIpc) is 3.24. The van der Waals surface area contributed by atoms with Crippen molar-refractivity contribution in [3.8, 4) is 0 Å². The Morgan fingerprint density at radius 3 is 2.63 bits per heavy atom. The number of aromatic nitrogens is 1. The second kappa shape index (κ2) is 6.50. The van der Waals surface area contributed by atoms with Gasteiger partial charge >= 0.3 is 0 Å². The van der Waals surface area contributed by atoms with Crippen LogP contribution >= 0.6 is 11.6 Å². The van der Waals surface area contributed by atoms with E-state index in [2.05, 4.69) is 28.6 Å². The molecule has 0 unspecified atom stereocenters. The SMILES string of the molecule is CN1CCc2c(c3cc(Cl)ccc3n2C2=C(c3ccc(F)cc3)CCC2)C1. The van der Waals surface area contributed by atoms with Crippen molar-refractivity contribution in [1.82, 2.24) is 9.47 Å². The number of fused-ring (bicyclic) bond motifs is 3. The zero-order chi connectivity index (χ0) is 18.5. The number of hydrogen-bond acceptors (Lipinski definition) is 1. The van der Waals surface area contributed by atoms with E-state index in [0.29, 0.717) is 0 Å². The van der Waals surface area contributed by atoms with Gasteiger partial charge in [-0.3, -0.25) is 0 Å². The third-order valence-corrected chi connectivity index (χ3v) is 6.19. The fourth-order valence-electron chi connectivity index (χ4n) is 4.71. The van der Waals surface area contributed by atoms with Crippen LogP contribution in [0.5, 0.6) is 0 Å². The van der Waals surface area contributed by atoms with Crippen molar-refractivity contribution >= 4 is 33.8 Å². The predicted molar refractivity (Wildman–Crippen MR) is 110 cm³/mol. The first-order chi connectivity index (χ1) is 13.1. The molecule has 5 rings (SSSR count). The summed E-state index contributed by atoms with van der Waals surface area (Å²) in [6, 6.07) is 13.2. The van der Waals surface area contributed by atoms with Crippen molar-refractivity contribution in [2.45, 2.75) is 32.2 Å². The molecule has 0 N–H and O–H groups in total. The molecule has 0 saturated heterocycles. The highest BCUT2D eigenvalue weighted by Gasteiger charge is 2.27. The van der Waals surface area contributed by atoms with E-state index in [0.717, 1.165) is 49.4 Å². The van der Waals surface area contributed by atoms with Crippen LogP contribution in [-0.2, 0) is 13.0 Å². The van der Waals surface area contributed by atoms with Gasteiger partial charge in [-0.05, 0) is 73.3 Å². The first-order valence-corrected chi connectivity index (χ1v) is 9.98. The Kier molecular flexibility index (Phi) is 4.10. The highest BCUT2D eigenvalue weighted by Crippen LogP contribution is 2.42. The molecule has 0 spiro atoms. The van der Waals surface area contributed by atoms with Crippen LogP contribution in [-0.4, -0.2) is 23.1 Å². The molecular formula is C23H22ClFN2. The summed E-state index contributed by atoms with van der Waals surface area (Å²) in [5, 5.41) is 2.05. The van der Waals surface area contributed by atoms with Gasteiger partial charge in [-0.15, -0.1) is 0 Å². The highest BCUT2D eigenvalue weighted by atomic mass is 35.5. The van der Waals surface area contributed by atoms with E-state index in [4.69, 9.17) is 11.6 Å². The Morgan fingerprint density at radius 1 is 1.00 bits per heavy atom. The third-order valence-electron chi connectivity index (χ3n) is 5.95. The molecule has 0 amide bonds. The van der Waals surface area contributed by atoms with Gasteiger partial charge < -0.3 is 9.47 Å². The summed E-state index contributed by atoms with van der Waals surface area (Å²) >= 11 is 6.34. The smallest absolute Gasteiger partial charge is 0.123 e. The van der Waals surface area contributed by atoms with Gasteiger partial charge in [0.2, 0.25) is 0 Å². The number of benzene rings is 2. The molecule has 4 heteroatoms. The number of nitrogens with zero attached hydrogens (tertiary/aromatic N) is 2. The molecule has 0 atom stereocenters. The van der Waals surface area contributed by atoms with Crippen LogP contribution in [0, 0.1) is 5.82 Å². The van der Waals surface area contributed by atoms with Crippen molar-refractivity contribution in [3.63, 3.8) is 0 Å². The van der Waals surface area contributed by atoms with E-state index >= 15 is 0 Å². The third kappa shape index (κ3) is 2.81. The Labute approximate surface area is 163 Å². The molecule has 0 radical (unpaired) electrons. The van der Waals surface area contributed by atoms with Crippen molar-refractivity contribution < 1.29 is 4.39 Å². The van der Waals surface area contributed by atoms with Crippen LogP contribution in [0.25, 0.3) is 22.2 Å². The lowest BCUT2D eigenvalue weighted by atomic mass is 10.0. The van der Waals surface area contributed by atoms with Crippen LogP contribution < -0.4 is 0 Å². The summed E-state index contributed by atoms with van der Waals surface area (Å²) in [5.74, 6) is -0.180. The standard InChI is InChI=1S/C23H22ClFN2/c1-26-12-11-23-20(14-26)19-13-16(24)7-10-22(19)27(23)21-4-2-3-18(21)15-5-8-17(25)9-6-15/h5-10,13H,2-4,11-12,14H2,1H3. The molecule has 2 heterocycles. The zero-order valence-electron chi connectivity index (χ0n) is 15.4. The second-order valence-electron chi connectivity index (χ2n) is 7.70. The Balaban J connectivity index is 1.77. The lowest BCUT2D eigenvalue weighted by Gasteiger charge is -2.25. The van der Waals surface area contributed by atoms with Crippen LogP contribution in [0.15, 0.2) is 42.5 Å². The Bertz CT molecular complexity index is 1060. The molecule has 27 heavy (non-hydrogen) atoms. The van der Waals surface area contributed by atoms with Gasteiger partial charge in [-0.25, -0.2) is 4.39 Å². The van der Waals surface area contributed by atoms with E-state index in [-0.39, 0.29) is 5.82 Å². The first-order valence-electron chi connectivity index (χ1n) is 9.60. The van der Waals surface area contributed by atoms with Gasteiger partial charge in [-0.1, -0.05) is 23.7 Å². The lowest BCUT2D eigenvalue weighted by molar-refractivity contribution is 0.311. The fraction of sp³-hybridized carbons (Fsp3) is 0.304. The zero-order valence-corrected chi connectivity index (χ0v) is 16.2. The molecule has 138 valence electrons. The number of hydrogen-bond donors (Lipinski definition) is 0. The van der Waals surface area contributed by atoms with Gasteiger partial charge in [0, 0.05) is 41.3 Å². The van der Waals surface area contributed by atoms with Crippen LogP contribution in [0.3, 0.4) is 0 Å². The largest absolute Gasteiger partial charge is 0.317 e. The maximum Gasteiger partial charge on any atom is 0.123 e. The predicted octanol–water partition coefficient (Wildman–Crippen LogP) is 5.97. The van der Waals surface area contributed by atoms with Crippen molar-refractivity contribution in [2.75, 3.05) is 13.6 Å². The molecule has 0 saturated carbocycles. The van der Waals surface area contributed by atoms with E-state index in [9.17, 15) is 4.39 Å². The van der Waals surface area contributed by atoms with E-state index in [1.54, 1.807) is 12.1 Å². The van der Waals surface area contributed by atoms with Gasteiger partial charge in [0.05, 0.1) is 5.52 Å². The minimum absolute atomic E-state index is 0.180. The second-order valence-corrected chi connectivity index (χ2v) is 8.13. The summed E-state index contributed by atoms with van der Waals surface area (Å²) < 4.78 is 15.9. The summed E-state index contributed by atoms with van der Waals surface area (Å²) in [6.45, 7) is 2.02. The highest BCUT2D eigenvalue weighted by molar-refractivity contribution is 6.31. The number of allylic oxidation sites excluding steroid dienone is 2. The van der Waals surface area contributed by atoms with Crippen LogP contribution in [0.2, 0.25) is 5.02 Å². The fourth-order valence-corrected chi connectivity index (χ4v) is 4.88. The van der Waals surface area contributed by atoms with E-state index < -0.39 is 0 Å². The average molecular weight is 381 g/mol. The molecule has 1 aliphatic carbocycles. The van der Waals surface area contributed by atoms with Gasteiger partial charge in [0.15, 0.2) is 0 Å². The molecule has 2 aliphatic rings. The number of rotatable bonds is 2. The Hall–Kier alpha value is -2.10. The van der Waals surface area contributed by atoms with E-state index in [1.807, 2.05) is 18.2 Å². The van der Waals surface area contributed by atoms with Crippen molar-refractivity contribution in [3.05, 3.63) is 70.1 Å². The van der Waals surface area contributed by atoms with Gasteiger partial charge in [-0.2, -0.15) is 0 Å². The summed E-state index contributed by atoms with van der Waals surface area (Å²) in [6.07, 6.45) is 4.28. The first kappa shape index (κ1) is 17.0. The minimum atomic E-state index is -0.180. The summed E-state index contributed by atoms with van der Waals surface area (Å²) in [4.78, 5) is 2.37.